The summed E-state index contributed by atoms with van der Waals surface area (Å²) in [5, 5.41) is 11.1. The highest BCUT2D eigenvalue weighted by molar-refractivity contribution is 7.91. The van der Waals surface area contributed by atoms with E-state index in [4.69, 9.17) is 4.74 Å². The number of amides is 1. The van der Waals surface area contributed by atoms with Crippen LogP contribution >= 0.6 is 0 Å². The van der Waals surface area contributed by atoms with Gasteiger partial charge in [0, 0.05) is 23.7 Å². The molecule has 0 aromatic heterocycles. The number of hydrogen-bond donors (Lipinski definition) is 0. The number of nitrogens with zero attached hydrogens (tertiary/aromatic N) is 2. The van der Waals surface area contributed by atoms with Crippen LogP contribution in [0.15, 0.2) is 24.3 Å². The van der Waals surface area contributed by atoms with Crippen LogP contribution in [0.1, 0.15) is 44.1 Å². The molecule has 0 N–H and O–H groups in total. The molecule has 1 heterocycles. The van der Waals surface area contributed by atoms with Gasteiger partial charge in [0.1, 0.15) is 0 Å². The van der Waals surface area contributed by atoms with Crippen molar-refractivity contribution >= 4 is 27.4 Å². The molecule has 10 heteroatoms. The third-order valence-corrected chi connectivity index (χ3v) is 7.49. The van der Waals surface area contributed by atoms with Crippen LogP contribution in [-0.2, 0) is 30.6 Å². The molecule has 0 spiro atoms. The Labute approximate surface area is 175 Å². The normalized spacial score (nSPS) is 21.1. The summed E-state index contributed by atoms with van der Waals surface area (Å²) in [6, 6.07) is 5.44. The topological polar surface area (TPSA) is 124 Å². The summed E-state index contributed by atoms with van der Waals surface area (Å²) in [6.45, 7) is -0.494. The summed E-state index contributed by atoms with van der Waals surface area (Å²) >= 11 is 0. The molecule has 1 saturated carbocycles. The number of benzene rings is 1. The van der Waals surface area contributed by atoms with Crippen LogP contribution in [0.25, 0.3) is 0 Å². The van der Waals surface area contributed by atoms with Crippen LogP contribution in [0.5, 0.6) is 0 Å². The molecule has 164 valence electrons. The smallest absolute Gasteiger partial charge is 0.311 e. The Bertz CT molecular complexity index is 909. The van der Waals surface area contributed by atoms with E-state index >= 15 is 0 Å². The molecule has 1 amide bonds. The highest BCUT2D eigenvalue weighted by Crippen LogP contribution is 2.28. The SMILES string of the molecule is O=C(Cc1ccccc1[N+](=O)[O-])OCC(=O)N(C1CCCCC1)C1CCS(=O)(=O)C1. The standard InChI is InChI=1S/C20H26N2O7S/c23-19(13-29-20(24)12-15-6-4-5-9-18(15)22(25)26)21(16-7-2-1-3-8-16)17-10-11-30(27,28)14-17/h4-6,9,16-17H,1-3,7-8,10-14H2. The van der Waals surface area contributed by atoms with E-state index in [0.717, 1.165) is 32.1 Å². The van der Waals surface area contributed by atoms with E-state index in [-0.39, 0.29) is 41.3 Å². The molecular weight excluding hydrogens is 412 g/mol. The van der Waals surface area contributed by atoms with Gasteiger partial charge in [-0.2, -0.15) is 0 Å². The third kappa shape index (κ3) is 5.56. The van der Waals surface area contributed by atoms with E-state index in [2.05, 4.69) is 0 Å². The first-order chi connectivity index (χ1) is 14.3. The monoisotopic (exact) mass is 438 g/mol. The number of esters is 1. The molecule has 1 aliphatic carbocycles. The second kappa shape index (κ2) is 9.55. The minimum atomic E-state index is -3.16. The van der Waals surface area contributed by atoms with E-state index in [9.17, 15) is 28.1 Å². The molecule has 0 bridgehead atoms. The summed E-state index contributed by atoms with van der Waals surface area (Å²) in [5.74, 6) is -1.13. The Hall–Kier alpha value is -2.49. The van der Waals surface area contributed by atoms with Gasteiger partial charge in [-0.1, -0.05) is 37.5 Å². The second-order valence-corrected chi connectivity index (χ2v) is 10.1. The molecule has 1 unspecified atom stereocenters. The lowest BCUT2D eigenvalue weighted by atomic mass is 9.93. The molecule has 3 rings (SSSR count). The van der Waals surface area contributed by atoms with Crippen molar-refractivity contribution in [2.75, 3.05) is 18.1 Å². The zero-order valence-electron chi connectivity index (χ0n) is 16.7. The first-order valence-electron chi connectivity index (χ1n) is 10.2. The highest BCUT2D eigenvalue weighted by atomic mass is 32.2. The summed E-state index contributed by atoms with van der Waals surface area (Å²) in [5.41, 5.74) is 0.0340. The van der Waals surface area contributed by atoms with Crippen molar-refractivity contribution in [1.82, 2.24) is 4.90 Å². The van der Waals surface area contributed by atoms with Crippen molar-refractivity contribution < 1.29 is 27.7 Å². The predicted molar refractivity (Wildman–Crippen MR) is 109 cm³/mol. The lowest BCUT2D eigenvalue weighted by Crippen LogP contribution is -2.50. The molecule has 1 aliphatic heterocycles. The van der Waals surface area contributed by atoms with Crippen molar-refractivity contribution in [3.63, 3.8) is 0 Å². The lowest BCUT2D eigenvalue weighted by Gasteiger charge is -2.38. The number of rotatable bonds is 7. The third-order valence-electron chi connectivity index (χ3n) is 5.74. The quantitative estimate of drug-likeness (QED) is 0.362. The second-order valence-electron chi connectivity index (χ2n) is 7.87. The molecular formula is C20H26N2O7S. The first kappa shape index (κ1) is 22.2. The zero-order chi connectivity index (χ0) is 21.7. The number of hydrogen-bond acceptors (Lipinski definition) is 7. The Morgan fingerprint density at radius 3 is 2.43 bits per heavy atom. The van der Waals surface area contributed by atoms with E-state index in [1.807, 2.05) is 0 Å². The van der Waals surface area contributed by atoms with Gasteiger partial charge in [-0.05, 0) is 19.3 Å². The molecule has 0 radical (unpaired) electrons. The number of sulfone groups is 1. The van der Waals surface area contributed by atoms with Crippen molar-refractivity contribution in [2.45, 2.75) is 57.0 Å². The van der Waals surface area contributed by atoms with Gasteiger partial charge in [0.25, 0.3) is 11.6 Å². The maximum Gasteiger partial charge on any atom is 0.311 e. The van der Waals surface area contributed by atoms with Crippen molar-refractivity contribution in [2.24, 2.45) is 0 Å². The van der Waals surface area contributed by atoms with Crippen LogP contribution in [0.3, 0.4) is 0 Å². The van der Waals surface area contributed by atoms with Crippen LogP contribution in [-0.4, -0.2) is 60.3 Å². The number of carbonyl (C=O) groups is 2. The highest BCUT2D eigenvalue weighted by Gasteiger charge is 2.38. The van der Waals surface area contributed by atoms with Crippen molar-refractivity contribution in [3.05, 3.63) is 39.9 Å². The Balaban J connectivity index is 1.64. The lowest BCUT2D eigenvalue weighted by molar-refractivity contribution is -0.385. The number of nitro groups is 1. The Morgan fingerprint density at radius 1 is 1.10 bits per heavy atom. The predicted octanol–water partition coefficient (Wildman–Crippen LogP) is 2.03. The molecule has 1 aromatic rings. The average Bonchev–Trinajstić information content (AvgIpc) is 3.07. The maximum absolute atomic E-state index is 12.9. The zero-order valence-corrected chi connectivity index (χ0v) is 17.5. The molecule has 9 nitrogen and oxygen atoms in total. The summed E-state index contributed by atoms with van der Waals surface area (Å²) in [4.78, 5) is 37.3. The number of nitro benzene ring substituents is 1. The van der Waals surface area contributed by atoms with Crippen molar-refractivity contribution in [1.29, 1.82) is 0 Å². The van der Waals surface area contributed by atoms with Gasteiger partial charge in [0.05, 0.1) is 22.8 Å². The maximum atomic E-state index is 12.9. The number of ether oxygens (including phenoxy) is 1. The van der Waals surface area contributed by atoms with E-state index in [0.29, 0.717) is 6.42 Å². The van der Waals surface area contributed by atoms with E-state index in [1.165, 1.54) is 18.2 Å². The molecule has 2 aliphatic rings. The van der Waals surface area contributed by atoms with Gasteiger partial charge in [-0.25, -0.2) is 8.42 Å². The van der Waals surface area contributed by atoms with Gasteiger partial charge >= 0.3 is 5.97 Å². The van der Waals surface area contributed by atoms with Gasteiger partial charge in [0.15, 0.2) is 16.4 Å². The van der Waals surface area contributed by atoms with Gasteiger partial charge in [-0.3, -0.25) is 19.7 Å². The molecule has 30 heavy (non-hydrogen) atoms. The van der Waals surface area contributed by atoms with Gasteiger partial charge < -0.3 is 9.64 Å². The van der Waals surface area contributed by atoms with Crippen LogP contribution in [0.2, 0.25) is 0 Å². The minimum absolute atomic E-state index is 0.0431. The fraction of sp³-hybridized carbons (Fsp3) is 0.600. The van der Waals surface area contributed by atoms with E-state index < -0.39 is 33.2 Å². The van der Waals surface area contributed by atoms with Gasteiger partial charge in [0.2, 0.25) is 0 Å². The Kier molecular flexibility index (Phi) is 7.06. The van der Waals surface area contributed by atoms with Gasteiger partial charge in [-0.15, -0.1) is 0 Å². The summed E-state index contributed by atoms with van der Waals surface area (Å²) < 4.78 is 29.0. The summed E-state index contributed by atoms with van der Waals surface area (Å²) in [6.07, 6.45) is 4.75. The molecule has 1 atom stereocenters. The first-order valence-corrected chi connectivity index (χ1v) is 12.0. The number of para-hydroxylation sites is 1. The molecule has 1 aromatic carbocycles. The largest absolute Gasteiger partial charge is 0.455 e. The fourth-order valence-electron chi connectivity index (χ4n) is 4.32. The van der Waals surface area contributed by atoms with E-state index in [1.54, 1.807) is 11.0 Å². The number of carbonyl (C=O) groups excluding carboxylic acids is 2. The van der Waals surface area contributed by atoms with Crippen LogP contribution < -0.4 is 0 Å². The fourth-order valence-corrected chi connectivity index (χ4v) is 6.03. The molecule has 2 fully saturated rings. The van der Waals surface area contributed by atoms with Crippen LogP contribution in [0.4, 0.5) is 5.69 Å². The van der Waals surface area contributed by atoms with Crippen LogP contribution in [0, 0.1) is 10.1 Å². The average molecular weight is 439 g/mol. The minimum Gasteiger partial charge on any atom is -0.455 e. The van der Waals surface area contributed by atoms with Crippen molar-refractivity contribution in [3.8, 4) is 0 Å². The molecule has 1 saturated heterocycles. The Morgan fingerprint density at radius 2 is 1.80 bits per heavy atom. The summed E-state index contributed by atoms with van der Waals surface area (Å²) in [7, 11) is -3.16.